The van der Waals surface area contributed by atoms with Gasteiger partial charge in [0.15, 0.2) is 5.69 Å². The van der Waals surface area contributed by atoms with Crippen molar-refractivity contribution >= 4 is 17.5 Å². The number of anilines is 1. The highest BCUT2D eigenvalue weighted by Gasteiger charge is 2.27. The van der Waals surface area contributed by atoms with Crippen LogP contribution in [0.15, 0.2) is 48.5 Å². The second-order valence-corrected chi connectivity index (χ2v) is 7.99. The second-order valence-electron chi connectivity index (χ2n) is 7.99. The summed E-state index contributed by atoms with van der Waals surface area (Å²) in [6.07, 6.45) is 3.18. The van der Waals surface area contributed by atoms with Crippen molar-refractivity contribution in [2.24, 2.45) is 0 Å². The number of carbonyl (C=O) groups excluding carboxylic acids is 2. The highest BCUT2D eigenvalue weighted by atomic mass is 16.2. The van der Waals surface area contributed by atoms with Crippen LogP contribution in [0.4, 0.5) is 5.69 Å². The molecule has 0 unspecified atom stereocenters. The Hall–Kier alpha value is -3.41. The van der Waals surface area contributed by atoms with Crippen LogP contribution in [0.2, 0.25) is 0 Å². The van der Waals surface area contributed by atoms with Crippen LogP contribution in [0, 0.1) is 6.92 Å². The van der Waals surface area contributed by atoms with Crippen LogP contribution < -0.4 is 5.32 Å². The average Bonchev–Trinajstić information content (AvgIpc) is 3.33. The van der Waals surface area contributed by atoms with Crippen LogP contribution in [0.3, 0.4) is 0 Å². The van der Waals surface area contributed by atoms with Crippen molar-refractivity contribution in [2.75, 3.05) is 19.4 Å². The van der Waals surface area contributed by atoms with E-state index in [0.717, 1.165) is 41.8 Å². The Labute approximate surface area is 176 Å². The molecule has 0 aliphatic heterocycles. The van der Waals surface area contributed by atoms with E-state index < -0.39 is 0 Å². The minimum atomic E-state index is -0.198. The fourth-order valence-corrected chi connectivity index (χ4v) is 3.75. The summed E-state index contributed by atoms with van der Waals surface area (Å²) >= 11 is 0. The van der Waals surface area contributed by atoms with Gasteiger partial charge in [-0.25, -0.2) is 4.68 Å². The van der Waals surface area contributed by atoms with Crippen LogP contribution in [-0.4, -0.2) is 40.6 Å². The van der Waals surface area contributed by atoms with Crippen molar-refractivity contribution in [2.45, 2.75) is 32.6 Å². The lowest BCUT2D eigenvalue weighted by molar-refractivity contribution is -0.127. The van der Waals surface area contributed by atoms with E-state index in [1.807, 2.05) is 41.1 Å². The predicted octanol–water partition coefficient (Wildman–Crippen LogP) is 3.55. The number of benzene rings is 2. The standard InChI is InChI=1S/C24H26N4O2/c1-16-7-13-19(14-8-16)28-21-6-4-5-20(21)23(26-28)24(30)25-18-11-9-17(10-12-18)15-22(29)27(2)3/h7-14H,4-6,15H2,1-3H3,(H,25,30). The summed E-state index contributed by atoms with van der Waals surface area (Å²) in [6.45, 7) is 2.05. The third kappa shape index (κ3) is 3.99. The molecule has 6 nitrogen and oxygen atoms in total. The van der Waals surface area contributed by atoms with Crippen LogP contribution in [0.1, 0.15) is 39.3 Å². The molecule has 2 amide bonds. The Balaban J connectivity index is 1.53. The zero-order valence-corrected chi connectivity index (χ0v) is 17.6. The summed E-state index contributed by atoms with van der Waals surface area (Å²) in [5.74, 6) is -0.153. The summed E-state index contributed by atoms with van der Waals surface area (Å²) in [4.78, 5) is 26.4. The van der Waals surface area contributed by atoms with Gasteiger partial charge in [-0.05, 0) is 56.0 Å². The number of aromatic nitrogens is 2. The quantitative estimate of drug-likeness (QED) is 0.710. The van der Waals surface area contributed by atoms with E-state index >= 15 is 0 Å². The molecule has 0 saturated carbocycles. The Kier molecular flexibility index (Phi) is 5.40. The first-order chi connectivity index (χ1) is 14.4. The van der Waals surface area contributed by atoms with E-state index in [9.17, 15) is 9.59 Å². The largest absolute Gasteiger partial charge is 0.349 e. The minimum Gasteiger partial charge on any atom is -0.349 e. The maximum Gasteiger partial charge on any atom is 0.276 e. The lowest BCUT2D eigenvalue weighted by Gasteiger charge is -2.10. The van der Waals surface area contributed by atoms with Crippen molar-refractivity contribution in [3.8, 4) is 5.69 Å². The normalized spacial score (nSPS) is 12.5. The smallest absolute Gasteiger partial charge is 0.276 e. The topological polar surface area (TPSA) is 67.2 Å². The SMILES string of the molecule is Cc1ccc(-n2nc(C(=O)Nc3ccc(CC(=O)N(C)C)cc3)c3c2CCC3)cc1. The molecule has 4 rings (SSSR count). The predicted molar refractivity (Wildman–Crippen MR) is 117 cm³/mol. The van der Waals surface area contributed by atoms with Crippen molar-refractivity contribution in [3.63, 3.8) is 0 Å². The lowest BCUT2D eigenvalue weighted by atomic mass is 10.1. The molecule has 0 atom stereocenters. The zero-order chi connectivity index (χ0) is 21.3. The number of aryl methyl sites for hydroxylation is 1. The van der Waals surface area contributed by atoms with E-state index in [4.69, 9.17) is 0 Å². The van der Waals surface area contributed by atoms with Gasteiger partial charge < -0.3 is 10.2 Å². The van der Waals surface area contributed by atoms with Gasteiger partial charge in [0.05, 0.1) is 12.1 Å². The molecule has 1 aliphatic carbocycles. The second kappa shape index (κ2) is 8.14. The molecule has 6 heteroatoms. The summed E-state index contributed by atoms with van der Waals surface area (Å²) in [6, 6.07) is 15.6. The summed E-state index contributed by atoms with van der Waals surface area (Å²) in [7, 11) is 3.48. The fourth-order valence-electron chi connectivity index (χ4n) is 3.75. The maximum atomic E-state index is 13.0. The van der Waals surface area contributed by atoms with E-state index in [0.29, 0.717) is 17.8 Å². The van der Waals surface area contributed by atoms with Crippen LogP contribution in [0.5, 0.6) is 0 Å². The van der Waals surface area contributed by atoms with Crippen LogP contribution >= 0.6 is 0 Å². The summed E-state index contributed by atoms with van der Waals surface area (Å²) in [5, 5.41) is 7.61. The molecular formula is C24H26N4O2. The molecule has 0 radical (unpaired) electrons. The molecule has 0 bridgehead atoms. The third-order valence-electron chi connectivity index (χ3n) is 5.49. The Morgan fingerprint density at radius 2 is 1.73 bits per heavy atom. The van der Waals surface area contributed by atoms with E-state index in [1.165, 1.54) is 5.56 Å². The molecule has 1 N–H and O–H groups in total. The van der Waals surface area contributed by atoms with Gasteiger partial charge in [0.2, 0.25) is 5.91 Å². The molecule has 0 fully saturated rings. The van der Waals surface area contributed by atoms with Gasteiger partial charge in [-0.15, -0.1) is 0 Å². The van der Waals surface area contributed by atoms with Gasteiger partial charge in [0, 0.05) is 31.0 Å². The number of nitrogens with zero attached hydrogens (tertiary/aromatic N) is 3. The summed E-state index contributed by atoms with van der Waals surface area (Å²) < 4.78 is 1.91. The van der Waals surface area contributed by atoms with Crippen molar-refractivity contribution in [3.05, 3.63) is 76.6 Å². The molecule has 1 heterocycles. The molecule has 1 aliphatic rings. The van der Waals surface area contributed by atoms with Gasteiger partial charge in [0.1, 0.15) is 0 Å². The monoisotopic (exact) mass is 402 g/mol. The third-order valence-corrected chi connectivity index (χ3v) is 5.49. The summed E-state index contributed by atoms with van der Waals surface area (Å²) in [5.41, 5.74) is 6.44. The molecular weight excluding hydrogens is 376 g/mol. The van der Waals surface area contributed by atoms with Gasteiger partial charge in [-0.1, -0.05) is 29.8 Å². The maximum absolute atomic E-state index is 13.0. The molecule has 2 aromatic carbocycles. The number of hydrogen-bond acceptors (Lipinski definition) is 3. The Morgan fingerprint density at radius 3 is 2.40 bits per heavy atom. The van der Waals surface area contributed by atoms with Crippen LogP contribution in [-0.2, 0) is 24.1 Å². The number of nitrogens with one attached hydrogen (secondary N) is 1. The van der Waals surface area contributed by atoms with Gasteiger partial charge >= 0.3 is 0 Å². The first kappa shape index (κ1) is 19.9. The van der Waals surface area contributed by atoms with Crippen molar-refractivity contribution in [1.29, 1.82) is 0 Å². The first-order valence-corrected chi connectivity index (χ1v) is 10.2. The highest BCUT2D eigenvalue weighted by Crippen LogP contribution is 2.28. The minimum absolute atomic E-state index is 0.0454. The molecule has 3 aromatic rings. The van der Waals surface area contributed by atoms with Gasteiger partial charge in [-0.2, -0.15) is 5.10 Å². The highest BCUT2D eigenvalue weighted by molar-refractivity contribution is 6.04. The molecule has 1 aromatic heterocycles. The molecule has 154 valence electrons. The van der Waals surface area contributed by atoms with Crippen molar-refractivity contribution < 1.29 is 9.59 Å². The number of fused-ring (bicyclic) bond motifs is 1. The average molecular weight is 402 g/mol. The van der Waals surface area contributed by atoms with E-state index in [-0.39, 0.29) is 11.8 Å². The number of rotatable bonds is 5. The molecule has 30 heavy (non-hydrogen) atoms. The zero-order valence-electron chi connectivity index (χ0n) is 17.6. The number of hydrogen-bond donors (Lipinski definition) is 1. The number of carbonyl (C=O) groups is 2. The number of likely N-dealkylation sites (N-methyl/N-ethyl adjacent to an activating group) is 1. The fraction of sp³-hybridized carbons (Fsp3) is 0.292. The van der Waals surface area contributed by atoms with Gasteiger partial charge in [-0.3, -0.25) is 9.59 Å². The molecule has 0 spiro atoms. The Morgan fingerprint density at radius 1 is 1.03 bits per heavy atom. The van der Waals surface area contributed by atoms with Crippen LogP contribution in [0.25, 0.3) is 5.69 Å². The molecule has 0 saturated heterocycles. The number of amides is 2. The van der Waals surface area contributed by atoms with E-state index in [1.54, 1.807) is 19.0 Å². The first-order valence-electron chi connectivity index (χ1n) is 10.2. The van der Waals surface area contributed by atoms with Crippen molar-refractivity contribution in [1.82, 2.24) is 14.7 Å². The van der Waals surface area contributed by atoms with E-state index in [2.05, 4.69) is 29.5 Å². The Bertz CT molecular complexity index is 1080. The lowest BCUT2D eigenvalue weighted by Crippen LogP contribution is -2.23. The van der Waals surface area contributed by atoms with Gasteiger partial charge in [0.25, 0.3) is 5.91 Å².